The molecule has 0 aliphatic heterocycles. The van der Waals surface area contributed by atoms with Crippen molar-refractivity contribution in [2.75, 3.05) is 19.8 Å². The van der Waals surface area contributed by atoms with Crippen LogP contribution in [0.25, 0.3) is 0 Å². The van der Waals surface area contributed by atoms with E-state index < -0.39 is 22.3 Å². The Balaban J connectivity index is 2.67. The molecule has 0 aliphatic carbocycles. The van der Waals surface area contributed by atoms with Crippen molar-refractivity contribution in [3.8, 4) is 0 Å². The maximum absolute atomic E-state index is 13.8. The highest BCUT2D eigenvalue weighted by Crippen LogP contribution is 2.21. The monoisotopic (exact) mass is 299 g/mol. The van der Waals surface area contributed by atoms with Crippen molar-refractivity contribution in [3.63, 3.8) is 0 Å². The summed E-state index contributed by atoms with van der Waals surface area (Å²) in [6.07, 6.45) is 0. The molecule has 0 spiro atoms. The zero-order chi connectivity index (χ0) is 16.0. The van der Waals surface area contributed by atoms with E-state index in [1.54, 1.807) is 0 Å². The SMILES string of the molecule is Cc1cc([N+](=O)[O-])cc(C(=O)OCCOCC(C)C)c1F. The fourth-order valence-electron chi connectivity index (χ4n) is 1.59. The first-order chi connectivity index (χ1) is 9.82. The van der Waals surface area contributed by atoms with Gasteiger partial charge < -0.3 is 9.47 Å². The summed E-state index contributed by atoms with van der Waals surface area (Å²) in [5, 5.41) is 10.7. The molecule has 1 aromatic carbocycles. The van der Waals surface area contributed by atoms with E-state index in [1.165, 1.54) is 6.92 Å². The van der Waals surface area contributed by atoms with Crippen LogP contribution in [0, 0.1) is 28.8 Å². The van der Waals surface area contributed by atoms with Gasteiger partial charge in [0.25, 0.3) is 5.69 Å². The molecule has 0 saturated carbocycles. The molecule has 0 N–H and O–H groups in total. The number of hydrogen-bond acceptors (Lipinski definition) is 5. The van der Waals surface area contributed by atoms with E-state index in [9.17, 15) is 19.3 Å². The molecule has 0 fully saturated rings. The van der Waals surface area contributed by atoms with Crippen molar-refractivity contribution in [1.82, 2.24) is 0 Å². The first-order valence-electron chi connectivity index (χ1n) is 6.52. The minimum atomic E-state index is -0.938. The lowest BCUT2D eigenvalue weighted by molar-refractivity contribution is -0.385. The number of nitro benzene ring substituents is 1. The number of hydrogen-bond donors (Lipinski definition) is 0. The molecule has 0 saturated heterocycles. The van der Waals surface area contributed by atoms with E-state index >= 15 is 0 Å². The molecular weight excluding hydrogens is 281 g/mol. The minimum Gasteiger partial charge on any atom is -0.460 e. The van der Waals surface area contributed by atoms with Crippen LogP contribution in [0.2, 0.25) is 0 Å². The summed E-state index contributed by atoms with van der Waals surface area (Å²) in [6.45, 7) is 6.00. The third-order valence-corrected chi connectivity index (χ3v) is 2.58. The van der Waals surface area contributed by atoms with Gasteiger partial charge in [0.1, 0.15) is 18.0 Å². The van der Waals surface area contributed by atoms with E-state index in [4.69, 9.17) is 9.47 Å². The molecule has 0 bridgehead atoms. The van der Waals surface area contributed by atoms with Gasteiger partial charge in [-0.25, -0.2) is 9.18 Å². The molecule has 0 unspecified atom stereocenters. The van der Waals surface area contributed by atoms with E-state index in [0.29, 0.717) is 12.5 Å². The molecule has 21 heavy (non-hydrogen) atoms. The minimum absolute atomic E-state index is 0.0206. The van der Waals surface area contributed by atoms with Gasteiger partial charge in [-0.15, -0.1) is 0 Å². The van der Waals surface area contributed by atoms with Gasteiger partial charge in [0.15, 0.2) is 0 Å². The number of carbonyl (C=O) groups excluding carboxylic acids is 1. The number of ether oxygens (including phenoxy) is 2. The fourth-order valence-corrected chi connectivity index (χ4v) is 1.59. The lowest BCUT2D eigenvalue weighted by Crippen LogP contribution is -2.14. The van der Waals surface area contributed by atoms with E-state index in [2.05, 4.69) is 0 Å². The third kappa shape index (κ3) is 5.11. The molecule has 1 rings (SSSR count). The van der Waals surface area contributed by atoms with Gasteiger partial charge in [-0.2, -0.15) is 0 Å². The lowest BCUT2D eigenvalue weighted by Gasteiger charge is -2.09. The Morgan fingerprint density at radius 1 is 1.38 bits per heavy atom. The van der Waals surface area contributed by atoms with Gasteiger partial charge in [-0.05, 0) is 18.4 Å². The number of rotatable bonds is 7. The van der Waals surface area contributed by atoms with Crippen LogP contribution in [0.5, 0.6) is 0 Å². The number of halogens is 1. The summed E-state index contributed by atoms with van der Waals surface area (Å²) in [4.78, 5) is 21.8. The Morgan fingerprint density at radius 2 is 2.05 bits per heavy atom. The van der Waals surface area contributed by atoms with E-state index in [0.717, 1.165) is 12.1 Å². The van der Waals surface area contributed by atoms with Crippen molar-refractivity contribution in [2.24, 2.45) is 5.92 Å². The highest BCUT2D eigenvalue weighted by Gasteiger charge is 2.20. The normalized spacial score (nSPS) is 10.7. The lowest BCUT2D eigenvalue weighted by atomic mass is 10.1. The summed E-state index contributed by atoms with van der Waals surface area (Å²) in [5.41, 5.74) is -0.769. The summed E-state index contributed by atoms with van der Waals surface area (Å²) in [6, 6.07) is 1.94. The largest absolute Gasteiger partial charge is 0.460 e. The van der Waals surface area contributed by atoms with Crippen LogP contribution in [0.15, 0.2) is 12.1 Å². The van der Waals surface area contributed by atoms with Gasteiger partial charge in [-0.3, -0.25) is 10.1 Å². The predicted molar refractivity (Wildman–Crippen MR) is 73.7 cm³/mol. The number of nitrogens with zero attached hydrogens (tertiary/aromatic N) is 1. The Morgan fingerprint density at radius 3 is 2.62 bits per heavy atom. The smallest absolute Gasteiger partial charge is 0.341 e. The second kappa shape index (κ2) is 7.68. The molecular formula is C14H18FNO5. The molecule has 0 atom stereocenters. The first kappa shape index (κ1) is 17.0. The molecule has 116 valence electrons. The number of esters is 1. The van der Waals surface area contributed by atoms with Gasteiger partial charge in [0, 0.05) is 18.7 Å². The van der Waals surface area contributed by atoms with E-state index in [-0.39, 0.29) is 24.5 Å². The van der Waals surface area contributed by atoms with E-state index in [1.807, 2.05) is 13.8 Å². The molecule has 6 nitrogen and oxygen atoms in total. The number of nitro groups is 1. The Hall–Kier alpha value is -2.02. The Labute approximate surface area is 122 Å². The molecule has 1 aromatic rings. The van der Waals surface area contributed by atoms with Crippen molar-refractivity contribution < 1.29 is 23.6 Å². The van der Waals surface area contributed by atoms with Crippen molar-refractivity contribution >= 4 is 11.7 Å². The number of benzene rings is 1. The van der Waals surface area contributed by atoms with Gasteiger partial charge in [0.05, 0.1) is 11.5 Å². The molecule has 0 heterocycles. The second-order valence-electron chi connectivity index (χ2n) is 4.99. The molecule has 7 heteroatoms. The molecule has 0 aromatic heterocycles. The van der Waals surface area contributed by atoms with Crippen LogP contribution in [-0.2, 0) is 9.47 Å². The molecule has 0 radical (unpaired) electrons. The number of carbonyl (C=O) groups is 1. The maximum Gasteiger partial charge on any atom is 0.341 e. The van der Waals surface area contributed by atoms with Crippen LogP contribution in [0.4, 0.5) is 10.1 Å². The Kier molecular flexibility index (Phi) is 6.23. The third-order valence-electron chi connectivity index (χ3n) is 2.58. The quantitative estimate of drug-likeness (QED) is 0.335. The topological polar surface area (TPSA) is 78.7 Å². The summed E-state index contributed by atoms with van der Waals surface area (Å²) in [5.74, 6) is -1.39. The average molecular weight is 299 g/mol. The summed E-state index contributed by atoms with van der Waals surface area (Å²) in [7, 11) is 0. The first-order valence-corrected chi connectivity index (χ1v) is 6.52. The van der Waals surface area contributed by atoms with Crippen LogP contribution in [-0.4, -0.2) is 30.7 Å². The van der Waals surface area contributed by atoms with Gasteiger partial charge in [0.2, 0.25) is 0 Å². The second-order valence-corrected chi connectivity index (χ2v) is 4.99. The number of non-ortho nitro benzene ring substituents is 1. The van der Waals surface area contributed by atoms with Crippen LogP contribution >= 0.6 is 0 Å². The Bertz CT molecular complexity index is 530. The highest BCUT2D eigenvalue weighted by atomic mass is 19.1. The standard InChI is InChI=1S/C14H18FNO5/c1-9(2)8-20-4-5-21-14(17)12-7-11(16(18)19)6-10(3)13(12)15/h6-7,9H,4-5,8H2,1-3H3. The van der Waals surface area contributed by atoms with Gasteiger partial charge >= 0.3 is 5.97 Å². The summed E-state index contributed by atoms with van der Waals surface area (Å²) < 4.78 is 23.9. The van der Waals surface area contributed by atoms with Crippen LogP contribution < -0.4 is 0 Å². The van der Waals surface area contributed by atoms with Gasteiger partial charge in [-0.1, -0.05) is 13.8 Å². The van der Waals surface area contributed by atoms with Crippen molar-refractivity contribution in [2.45, 2.75) is 20.8 Å². The fraction of sp³-hybridized carbons (Fsp3) is 0.500. The van der Waals surface area contributed by atoms with Crippen molar-refractivity contribution in [1.29, 1.82) is 0 Å². The van der Waals surface area contributed by atoms with Crippen LogP contribution in [0.1, 0.15) is 29.8 Å². The number of aryl methyl sites for hydroxylation is 1. The average Bonchev–Trinajstić information content (AvgIpc) is 2.40. The summed E-state index contributed by atoms with van der Waals surface area (Å²) >= 11 is 0. The molecule has 0 amide bonds. The van der Waals surface area contributed by atoms with Crippen LogP contribution in [0.3, 0.4) is 0 Å². The maximum atomic E-state index is 13.8. The predicted octanol–water partition coefficient (Wildman–Crippen LogP) is 2.87. The molecule has 0 aliphatic rings. The zero-order valence-corrected chi connectivity index (χ0v) is 12.2. The zero-order valence-electron chi connectivity index (χ0n) is 12.2. The van der Waals surface area contributed by atoms with Crippen molar-refractivity contribution in [3.05, 3.63) is 39.2 Å². The highest BCUT2D eigenvalue weighted by molar-refractivity contribution is 5.90.